The van der Waals surface area contributed by atoms with Crippen molar-refractivity contribution in [2.24, 2.45) is 4.99 Å². The van der Waals surface area contributed by atoms with Crippen LogP contribution in [0.2, 0.25) is 0 Å². The Labute approximate surface area is 163 Å². The van der Waals surface area contributed by atoms with Gasteiger partial charge in [0.25, 0.3) is 11.8 Å². The summed E-state index contributed by atoms with van der Waals surface area (Å²) in [6, 6.07) is 6.53. The van der Waals surface area contributed by atoms with E-state index in [1.165, 1.54) is 11.8 Å². The SMILES string of the molecule is C#CCNC(=O)c1cccc(NC(=O)C[C@@H]2SC(N(CC)CC)=NC2=O)c1. The Bertz CT molecular complexity index is 796. The molecule has 27 heavy (non-hydrogen) atoms. The average molecular weight is 386 g/mol. The summed E-state index contributed by atoms with van der Waals surface area (Å²) in [5, 5.41) is 5.42. The number of hydrogen-bond acceptors (Lipinski definition) is 5. The van der Waals surface area contributed by atoms with E-state index in [-0.39, 0.29) is 30.7 Å². The molecule has 0 radical (unpaired) electrons. The third-order valence-electron chi connectivity index (χ3n) is 3.89. The molecule has 1 aliphatic rings. The maximum Gasteiger partial charge on any atom is 0.262 e. The molecule has 0 aromatic heterocycles. The van der Waals surface area contributed by atoms with Gasteiger partial charge in [0.15, 0.2) is 5.17 Å². The molecule has 1 aliphatic heterocycles. The third-order valence-corrected chi connectivity index (χ3v) is 5.11. The maximum atomic E-state index is 12.3. The van der Waals surface area contributed by atoms with Crippen LogP contribution in [-0.4, -0.2) is 52.7 Å². The number of carbonyl (C=O) groups excluding carboxylic acids is 3. The molecular formula is C19H22N4O3S. The average Bonchev–Trinajstić information content (AvgIpc) is 3.01. The van der Waals surface area contributed by atoms with E-state index in [1.54, 1.807) is 24.3 Å². The van der Waals surface area contributed by atoms with Crippen molar-refractivity contribution in [3.63, 3.8) is 0 Å². The second-order valence-corrected chi connectivity index (χ2v) is 6.90. The van der Waals surface area contributed by atoms with Gasteiger partial charge in [-0.3, -0.25) is 14.4 Å². The van der Waals surface area contributed by atoms with Gasteiger partial charge in [0.05, 0.1) is 6.54 Å². The van der Waals surface area contributed by atoms with E-state index in [0.29, 0.717) is 16.4 Å². The molecule has 0 aliphatic carbocycles. The van der Waals surface area contributed by atoms with Crippen molar-refractivity contribution >= 4 is 40.3 Å². The number of aliphatic imine (C=N–C) groups is 1. The van der Waals surface area contributed by atoms with Crippen molar-refractivity contribution in [2.45, 2.75) is 25.5 Å². The highest BCUT2D eigenvalue weighted by atomic mass is 32.2. The summed E-state index contributed by atoms with van der Waals surface area (Å²) >= 11 is 1.31. The molecule has 0 fully saturated rings. The first kappa shape index (κ1) is 20.5. The van der Waals surface area contributed by atoms with Crippen LogP contribution in [0.25, 0.3) is 0 Å². The number of rotatable bonds is 7. The number of amides is 3. The minimum atomic E-state index is -0.525. The zero-order chi connectivity index (χ0) is 19.8. The largest absolute Gasteiger partial charge is 0.352 e. The molecule has 7 nitrogen and oxygen atoms in total. The monoisotopic (exact) mass is 386 g/mol. The van der Waals surface area contributed by atoms with Crippen molar-refractivity contribution < 1.29 is 14.4 Å². The summed E-state index contributed by atoms with van der Waals surface area (Å²) < 4.78 is 0. The Morgan fingerprint density at radius 2 is 2.07 bits per heavy atom. The lowest BCUT2D eigenvalue weighted by atomic mass is 10.2. The fraction of sp³-hybridized carbons (Fsp3) is 0.368. The first-order valence-electron chi connectivity index (χ1n) is 8.64. The molecule has 1 heterocycles. The Hall–Kier alpha value is -2.79. The summed E-state index contributed by atoms with van der Waals surface area (Å²) in [7, 11) is 0. The third kappa shape index (κ3) is 5.59. The van der Waals surface area contributed by atoms with Crippen LogP contribution in [0.1, 0.15) is 30.6 Å². The maximum absolute atomic E-state index is 12.3. The van der Waals surface area contributed by atoms with Gasteiger partial charge in [-0.15, -0.1) is 6.42 Å². The highest BCUT2D eigenvalue weighted by Crippen LogP contribution is 2.27. The van der Waals surface area contributed by atoms with E-state index in [4.69, 9.17) is 6.42 Å². The lowest BCUT2D eigenvalue weighted by Gasteiger charge is -2.19. The molecule has 0 saturated heterocycles. The number of hydrogen-bond donors (Lipinski definition) is 2. The molecule has 0 unspecified atom stereocenters. The van der Waals surface area contributed by atoms with Crippen LogP contribution >= 0.6 is 11.8 Å². The number of anilines is 1. The van der Waals surface area contributed by atoms with Crippen LogP contribution in [0, 0.1) is 12.3 Å². The van der Waals surface area contributed by atoms with Gasteiger partial charge in [0.2, 0.25) is 5.91 Å². The standard InChI is InChI=1S/C19H22N4O3S/c1-4-10-20-17(25)13-8-7-9-14(11-13)21-16(24)12-15-18(26)22-19(27-15)23(5-2)6-3/h1,7-9,11,15H,5-6,10,12H2,2-3H3,(H,20,25)(H,21,24)/t15-/m0/s1. The molecule has 0 bridgehead atoms. The summed E-state index contributed by atoms with van der Waals surface area (Å²) in [4.78, 5) is 42.4. The molecule has 0 spiro atoms. The van der Waals surface area contributed by atoms with E-state index in [1.807, 2.05) is 18.7 Å². The first-order chi connectivity index (χ1) is 13.0. The zero-order valence-corrected chi connectivity index (χ0v) is 16.1. The molecule has 1 aromatic rings. The minimum Gasteiger partial charge on any atom is -0.352 e. The highest BCUT2D eigenvalue weighted by Gasteiger charge is 2.32. The van der Waals surface area contributed by atoms with Crippen molar-refractivity contribution in [1.29, 1.82) is 0 Å². The van der Waals surface area contributed by atoms with Gasteiger partial charge in [-0.05, 0) is 32.0 Å². The molecule has 1 atom stereocenters. The van der Waals surface area contributed by atoms with Crippen LogP contribution < -0.4 is 10.6 Å². The summed E-state index contributed by atoms with van der Waals surface area (Å²) in [6.45, 7) is 5.62. The predicted molar refractivity (Wildman–Crippen MR) is 108 cm³/mol. The second kappa shape index (κ2) is 9.78. The second-order valence-electron chi connectivity index (χ2n) is 5.73. The van der Waals surface area contributed by atoms with Gasteiger partial charge < -0.3 is 15.5 Å². The van der Waals surface area contributed by atoms with Crippen LogP contribution in [0.15, 0.2) is 29.3 Å². The molecule has 0 saturated carbocycles. The number of benzene rings is 1. The van der Waals surface area contributed by atoms with Crippen LogP contribution in [-0.2, 0) is 9.59 Å². The predicted octanol–water partition coefficient (Wildman–Crippen LogP) is 1.72. The summed E-state index contributed by atoms with van der Waals surface area (Å²) in [5.74, 6) is 1.41. The van der Waals surface area contributed by atoms with E-state index < -0.39 is 5.25 Å². The highest BCUT2D eigenvalue weighted by molar-refractivity contribution is 8.15. The Balaban J connectivity index is 1.94. The van der Waals surface area contributed by atoms with Gasteiger partial charge in [-0.1, -0.05) is 23.7 Å². The lowest BCUT2D eigenvalue weighted by Crippen LogP contribution is -2.28. The topological polar surface area (TPSA) is 90.9 Å². The van der Waals surface area contributed by atoms with E-state index in [0.717, 1.165) is 13.1 Å². The van der Waals surface area contributed by atoms with Crippen LogP contribution in [0.5, 0.6) is 0 Å². The van der Waals surface area contributed by atoms with Gasteiger partial charge in [0.1, 0.15) is 5.25 Å². The Morgan fingerprint density at radius 1 is 1.33 bits per heavy atom. The smallest absolute Gasteiger partial charge is 0.262 e. The first-order valence-corrected chi connectivity index (χ1v) is 9.52. The van der Waals surface area contributed by atoms with Gasteiger partial charge >= 0.3 is 0 Å². The number of amidine groups is 1. The number of thioether (sulfide) groups is 1. The number of nitrogens with zero attached hydrogens (tertiary/aromatic N) is 2. The van der Waals surface area contributed by atoms with E-state index in [2.05, 4.69) is 21.5 Å². The Morgan fingerprint density at radius 3 is 2.74 bits per heavy atom. The summed E-state index contributed by atoms with van der Waals surface area (Å²) in [5.41, 5.74) is 0.871. The number of terminal acetylenes is 1. The summed E-state index contributed by atoms with van der Waals surface area (Å²) in [6.07, 6.45) is 5.14. The molecule has 8 heteroatoms. The van der Waals surface area contributed by atoms with Crippen molar-refractivity contribution in [3.05, 3.63) is 29.8 Å². The van der Waals surface area contributed by atoms with Gasteiger partial charge in [-0.25, -0.2) is 0 Å². The van der Waals surface area contributed by atoms with Gasteiger partial charge in [0, 0.05) is 30.8 Å². The van der Waals surface area contributed by atoms with Crippen molar-refractivity contribution in [2.75, 3.05) is 25.0 Å². The van der Waals surface area contributed by atoms with Crippen LogP contribution in [0.3, 0.4) is 0 Å². The molecule has 2 N–H and O–H groups in total. The molecule has 142 valence electrons. The molecular weight excluding hydrogens is 364 g/mol. The molecule has 1 aromatic carbocycles. The minimum absolute atomic E-state index is 0.0191. The van der Waals surface area contributed by atoms with Crippen molar-refractivity contribution in [1.82, 2.24) is 10.2 Å². The molecule has 3 amide bonds. The van der Waals surface area contributed by atoms with E-state index in [9.17, 15) is 14.4 Å². The zero-order valence-electron chi connectivity index (χ0n) is 15.3. The fourth-order valence-corrected chi connectivity index (χ4v) is 3.68. The number of nitrogens with one attached hydrogen (secondary N) is 2. The van der Waals surface area contributed by atoms with Crippen LogP contribution in [0.4, 0.5) is 5.69 Å². The lowest BCUT2D eigenvalue weighted by molar-refractivity contribution is -0.121. The quantitative estimate of drug-likeness (QED) is 0.697. The fourth-order valence-electron chi connectivity index (χ4n) is 2.49. The number of carbonyl (C=O) groups is 3. The Kier molecular flexibility index (Phi) is 7.44. The normalized spacial score (nSPS) is 15.7. The van der Waals surface area contributed by atoms with Gasteiger partial charge in [-0.2, -0.15) is 4.99 Å². The van der Waals surface area contributed by atoms with Crippen molar-refractivity contribution in [3.8, 4) is 12.3 Å². The molecule has 2 rings (SSSR count). The van der Waals surface area contributed by atoms with E-state index >= 15 is 0 Å².